The van der Waals surface area contributed by atoms with Crippen molar-refractivity contribution < 1.29 is 9.90 Å². The largest absolute Gasteiger partial charge is 0.396 e. The van der Waals surface area contributed by atoms with Crippen molar-refractivity contribution >= 4 is 28.5 Å². The van der Waals surface area contributed by atoms with E-state index >= 15 is 0 Å². The molecule has 0 fully saturated rings. The van der Waals surface area contributed by atoms with Crippen molar-refractivity contribution in [2.45, 2.75) is 6.42 Å². The molecule has 0 saturated carbocycles. The van der Waals surface area contributed by atoms with Crippen LogP contribution in [-0.2, 0) is 0 Å². The Morgan fingerprint density at radius 1 is 1.50 bits per heavy atom. The molecule has 0 aliphatic rings. The fourth-order valence-electron chi connectivity index (χ4n) is 1.01. The van der Waals surface area contributed by atoms with Crippen molar-refractivity contribution in [2.24, 2.45) is 0 Å². The molecule has 0 saturated heterocycles. The molecule has 0 aromatic heterocycles. The predicted molar refractivity (Wildman–Crippen MR) is 63.2 cm³/mol. The molecule has 0 spiro atoms. The van der Waals surface area contributed by atoms with Gasteiger partial charge in [-0.15, -0.1) is 0 Å². The molecular formula is C10H12INO2. The number of hydrogen-bond acceptors (Lipinski definition) is 2. The zero-order valence-corrected chi connectivity index (χ0v) is 9.82. The highest BCUT2D eigenvalue weighted by atomic mass is 127. The topological polar surface area (TPSA) is 49.3 Å². The summed E-state index contributed by atoms with van der Waals surface area (Å²) in [6, 6.07) is 7.39. The molecule has 1 aromatic carbocycles. The van der Waals surface area contributed by atoms with Crippen molar-refractivity contribution in [2.75, 3.05) is 13.2 Å². The molecule has 1 amide bonds. The average Bonchev–Trinajstić information content (AvgIpc) is 2.18. The minimum atomic E-state index is -0.0861. The lowest BCUT2D eigenvalue weighted by molar-refractivity contribution is 0.0951. The van der Waals surface area contributed by atoms with Gasteiger partial charge in [-0.25, -0.2) is 0 Å². The van der Waals surface area contributed by atoms with Crippen LogP contribution >= 0.6 is 22.6 Å². The van der Waals surface area contributed by atoms with Crippen LogP contribution < -0.4 is 5.32 Å². The zero-order valence-electron chi connectivity index (χ0n) is 7.66. The molecule has 0 bridgehead atoms. The molecule has 14 heavy (non-hydrogen) atoms. The van der Waals surface area contributed by atoms with Crippen LogP contribution in [0.4, 0.5) is 0 Å². The lowest BCUT2D eigenvalue weighted by Gasteiger charge is -2.03. The maximum absolute atomic E-state index is 11.5. The van der Waals surface area contributed by atoms with Gasteiger partial charge >= 0.3 is 0 Å². The Bertz CT molecular complexity index is 315. The molecule has 76 valence electrons. The van der Waals surface area contributed by atoms with E-state index in [1.165, 1.54) is 0 Å². The predicted octanol–water partition coefficient (Wildman–Crippen LogP) is 1.40. The monoisotopic (exact) mass is 305 g/mol. The number of halogens is 1. The highest BCUT2D eigenvalue weighted by Crippen LogP contribution is 2.07. The SMILES string of the molecule is O=C(NCCCO)c1cccc(I)c1. The molecule has 0 radical (unpaired) electrons. The molecule has 3 nitrogen and oxygen atoms in total. The second kappa shape index (κ2) is 5.98. The normalized spacial score (nSPS) is 9.86. The van der Waals surface area contributed by atoms with Crippen LogP contribution in [0.3, 0.4) is 0 Å². The van der Waals surface area contributed by atoms with Gasteiger partial charge < -0.3 is 10.4 Å². The molecule has 0 aliphatic carbocycles. The number of nitrogens with one attached hydrogen (secondary N) is 1. The van der Waals surface area contributed by atoms with Crippen molar-refractivity contribution in [3.8, 4) is 0 Å². The number of amides is 1. The summed E-state index contributed by atoms with van der Waals surface area (Å²) in [7, 11) is 0. The molecule has 0 atom stereocenters. The van der Waals surface area contributed by atoms with Crippen LogP contribution in [0, 0.1) is 3.57 Å². The molecule has 4 heteroatoms. The van der Waals surface area contributed by atoms with Crippen molar-refractivity contribution in [3.63, 3.8) is 0 Å². The first-order valence-corrected chi connectivity index (χ1v) is 5.46. The van der Waals surface area contributed by atoms with Gasteiger partial charge in [-0.1, -0.05) is 6.07 Å². The Hall–Kier alpha value is -0.620. The van der Waals surface area contributed by atoms with Crippen LogP contribution in [0.5, 0.6) is 0 Å². The van der Waals surface area contributed by atoms with Crippen molar-refractivity contribution in [3.05, 3.63) is 33.4 Å². The lowest BCUT2D eigenvalue weighted by Crippen LogP contribution is -2.24. The van der Waals surface area contributed by atoms with Crippen molar-refractivity contribution in [1.82, 2.24) is 5.32 Å². The highest BCUT2D eigenvalue weighted by Gasteiger charge is 2.03. The van der Waals surface area contributed by atoms with Crippen LogP contribution in [0.2, 0.25) is 0 Å². The standard InChI is InChI=1S/C10H12INO2/c11-9-4-1-3-8(7-9)10(14)12-5-2-6-13/h1,3-4,7,13H,2,5-6H2,(H,12,14). The molecule has 0 heterocycles. The van der Waals surface area contributed by atoms with Crippen LogP contribution in [0.1, 0.15) is 16.8 Å². The van der Waals surface area contributed by atoms with Gasteiger partial charge in [0.2, 0.25) is 0 Å². The van der Waals surface area contributed by atoms with E-state index in [0.717, 1.165) is 3.57 Å². The summed E-state index contributed by atoms with van der Waals surface area (Å²) in [5.41, 5.74) is 0.662. The Morgan fingerprint density at radius 2 is 2.29 bits per heavy atom. The Balaban J connectivity index is 2.52. The van der Waals surface area contributed by atoms with Crippen LogP contribution in [0.15, 0.2) is 24.3 Å². The van der Waals surface area contributed by atoms with E-state index in [-0.39, 0.29) is 12.5 Å². The second-order valence-electron chi connectivity index (χ2n) is 2.84. The lowest BCUT2D eigenvalue weighted by atomic mass is 10.2. The first-order chi connectivity index (χ1) is 6.74. The van der Waals surface area contributed by atoms with Gasteiger partial charge in [0.1, 0.15) is 0 Å². The molecule has 1 rings (SSSR count). The highest BCUT2D eigenvalue weighted by molar-refractivity contribution is 14.1. The average molecular weight is 305 g/mol. The number of rotatable bonds is 4. The zero-order chi connectivity index (χ0) is 10.4. The molecule has 2 N–H and O–H groups in total. The minimum absolute atomic E-state index is 0.0861. The fourth-order valence-corrected chi connectivity index (χ4v) is 1.56. The summed E-state index contributed by atoms with van der Waals surface area (Å²) in [6.07, 6.45) is 0.593. The number of carbonyl (C=O) groups excluding carboxylic acids is 1. The molecule has 0 aliphatic heterocycles. The van der Waals surface area contributed by atoms with Gasteiger partial charge in [0, 0.05) is 22.3 Å². The van der Waals surface area contributed by atoms with E-state index in [9.17, 15) is 4.79 Å². The van der Waals surface area contributed by atoms with Gasteiger partial charge in [-0.3, -0.25) is 4.79 Å². The Morgan fingerprint density at radius 3 is 2.93 bits per heavy atom. The molecule has 0 unspecified atom stereocenters. The van der Waals surface area contributed by atoms with E-state index in [1.807, 2.05) is 18.2 Å². The maximum Gasteiger partial charge on any atom is 0.251 e. The summed E-state index contributed by atoms with van der Waals surface area (Å²) in [5.74, 6) is -0.0861. The summed E-state index contributed by atoms with van der Waals surface area (Å²) in [6.45, 7) is 0.618. The summed E-state index contributed by atoms with van der Waals surface area (Å²) < 4.78 is 1.04. The van der Waals surface area contributed by atoms with Crippen LogP contribution in [-0.4, -0.2) is 24.2 Å². The Labute approximate surface area is 96.7 Å². The minimum Gasteiger partial charge on any atom is -0.396 e. The number of hydrogen-bond donors (Lipinski definition) is 2. The van der Waals surface area contributed by atoms with Crippen molar-refractivity contribution in [1.29, 1.82) is 0 Å². The third-order valence-corrected chi connectivity index (χ3v) is 2.38. The Kier molecular flexibility index (Phi) is 4.89. The van der Waals surface area contributed by atoms with E-state index in [4.69, 9.17) is 5.11 Å². The quantitative estimate of drug-likeness (QED) is 0.653. The van der Waals surface area contributed by atoms with Gasteiger partial charge in [0.05, 0.1) is 0 Å². The molecular weight excluding hydrogens is 293 g/mol. The smallest absolute Gasteiger partial charge is 0.251 e. The van der Waals surface area contributed by atoms with E-state index in [0.29, 0.717) is 18.5 Å². The summed E-state index contributed by atoms with van der Waals surface area (Å²) in [5, 5.41) is 11.3. The van der Waals surface area contributed by atoms with Gasteiger partial charge in [-0.05, 0) is 47.2 Å². The number of aliphatic hydroxyl groups is 1. The number of aliphatic hydroxyl groups excluding tert-OH is 1. The molecule has 1 aromatic rings. The first-order valence-electron chi connectivity index (χ1n) is 4.38. The summed E-state index contributed by atoms with van der Waals surface area (Å²) in [4.78, 5) is 11.5. The number of carbonyl (C=O) groups is 1. The second-order valence-corrected chi connectivity index (χ2v) is 4.09. The third-order valence-electron chi connectivity index (χ3n) is 1.71. The van der Waals surface area contributed by atoms with E-state index < -0.39 is 0 Å². The third kappa shape index (κ3) is 3.63. The van der Waals surface area contributed by atoms with Gasteiger partial charge in [-0.2, -0.15) is 0 Å². The summed E-state index contributed by atoms with van der Waals surface area (Å²) >= 11 is 2.16. The number of benzene rings is 1. The van der Waals surface area contributed by atoms with Gasteiger partial charge in [0.15, 0.2) is 0 Å². The fraction of sp³-hybridized carbons (Fsp3) is 0.300. The van der Waals surface area contributed by atoms with Gasteiger partial charge in [0.25, 0.3) is 5.91 Å². The maximum atomic E-state index is 11.5. The van der Waals surface area contributed by atoms with E-state index in [1.54, 1.807) is 6.07 Å². The van der Waals surface area contributed by atoms with E-state index in [2.05, 4.69) is 27.9 Å². The van der Waals surface area contributed by atoms with Crippen LogP contribution in [0.25, 0.3) is 0 Å². The first kappa shape index (κ1) is 11.5.